The lowest BCUT2D eigenvalue weighted by molar-refractivity contribution is -0.118. The minimum atomic E-state index is -0.0831. The van der Waals surface area contributed by atoms with Gasteiger partial charge in [0.25, 0.3) is 0 Å². The van der Waals surface area contributed by atoms with E-state index in [0.717, 1.165) is 31.6 Å². The van der Waals surface area contributed by atoms with Crippen LogP contribution < -0.4 is 5.32 Å². The molecule has 132 valence electrons. The highest BCUT2D eigenvalue weighted by atomic mass is 35.5. The SMILES string of the molecule is O=C(CN1CCCC(OCc2ccccn2)C1)Nc1ccc(Cl)cn1. The van der Waals surface area contributed by atoms with Gasteiger partial charge in [-0.15, -0.1) is 0 Å². The van der Waals surface area contributed by atoms with Crippen molar-refractivity contribution in [3.05, 3.63) is 53.4 Å². The van der Waals surface area contributed by atoms with Crippen molar-refractivity contribution in [2.45, 2.75) is 25.6 Å². The van der Waals surface area contributed by atoms with E-state index in [2.05, 4.69) is 20.2 Å². The molecule has 0 aromatic carbocycles. The second kappa shape index (κ2) is 8.89. The average molecular weight is 361 g/mol. The summed E-state index contributed by atoms with van der Waals surface area (Å²) >= 11 is 5.79. The number of hydrogen-bond acceptors (Lipinski definition) is 5. The van der Waals surface area contributed by atoms with Gasteiger partial charge in [-0.2, -0.15) is 0 Å². The van der Waals surface area contributed by atoms with Crippen molar-refractivity contribution in [1.82, 2.24) is 14.9 Å². The van der Waals surface area contributed by atoms with Gasteiger partial charge in [-0.3, -0.25) is 14.7 Å². The number of ether oxygens (including phenoxy) is 1. The van der Waals surface area contributed by atoms with Crippen molar-refractivity contribution >= 4 is 23.3 Å². The van der Waals surface area contributed by atoms with Crippen LogP contribution in [0.15, 0.2) is 42.7 Å². The lowest BCUT2D eigenvalue weighted by atomic mass is 10.1. The van der Waals surface area contributed by atoms with Crippen LogP contribution in [0.3, 0.4) is 0 Å². The first kappa shape index (κ1) is 17.8. The Labute approximate surface area is 152 Å². The number of nitrogens with one attached hydrogen (secondary N) is 1. The van der Waals surface area contributed by atoms with Crippen LogP contribution in [0.5, 0.6) is 0 Å². The Kier molecular flexibility index (Phi) is 6.33. The lowest BCUT2D eigenvalue weighted by Crippen LogP contribution is -2.43. The third kappa shape index (κ3) is 5.77. The molecule has 2 aromatic rings. The Hall–Kier alpha value is -2.02. The fraction of sp³-hybridized carbons (Fsp3) is 0.389. The molecule has 0 radical (unpaired) electrons. The van der Waals surface area contributed by atoms with Crippen LogP contribution in [0.2, 0.25) is 5.02 Å². The number of amides is 1. The molecule has 25 heavy (non-hydrogen) atoms. The number of carbonyl (C=O) groups is 1. The molecule has 3 heterocycles. The van der Waals surface area contributed by atoms with Crippen LogP contribution in [-0.4, -0.2) is 46.5 Å². The molecule has 2 aromatic heterocycles. The van der Waals surface area contributed by atoms with Crippen molar-refractivity contribution in [3.8, 4) is 0 Å². The Morgan fingerprint density at radius 1 is 1.32 bits per heavy atom. The van der Waals surface area contributed by atoms with Crippen LogP contribution >= 0.6 is 11.6 Å². The Morgan fingerprint density at radius 3 is 3.00 bits per heavy atom. The average Bonchev–Trinajstić information content (AvgIpc) is 2.63. The van der Waals surface area contributed by atoms with Gasteiger partial charge >= 0.3 is 0 Å². The first-order valence-corrected chi connectivity index (χ1v) is 8.72. The molecule has 1 fully saturated rings. The van der Waals surface area contributed by atoms with Gasteiger partial charge in [0.15, 0.2) is 0 Å². The zero-order valence-corrected chi connectivity index (χ0v) is 14.7. The number of carbonyl (C=O) groups excluding carboxylic acids is 1. The van der Waals surface area contributed by atoms with E-state index < -0.39 is 0 Å². The molecule has 1 aliphatic rings. The smallest absolute Gasteiger partial charge is 0.239 e. The number of pyridine rings is 2. The standard InChI is InChI=1S/C18H21ClN4O2/c19-14-6-7-17(21-10-14)22-18(24)12-23-9-3-5-16(11-23)25-13-15-4-1-2-8-20-15/h1-2,4,6-8,10,16H,3,5,9,11-13H2,(H,21,22,24). The minimum absolute atomic E-state index is 0.0831. The Morgan fingerprint density at radius 2 is 2.24 bits per heavy atom. The maximum atomic E-state index is 12.2. The van der Waals surface area contributed by atoms with E-state index in [1.54, 1.807) is 18.3 Å². The van der Waals surface area contributed by atoms with Crippen LogP contribution in [-0.2, 0) is 16.1 Å². The van der Waals surface area contributed by atoms with Crippen molar-refractivity contribution in [3.63, 3.8) is 0 Å². The molecule has 1 N–H and O–H groups in total. The number of aromatic nitrogens is 2. The van der Waals surface area contributed by atoms with Gasteiger partial charge in [-0.25, -0.2) is 4.98 Å². The molecule has 0 saturated carbocycles. The maximum Gasteiger partial charge on any atom is 0.239 e. The molecule has 0 aliphatic carbocycles. The Bertz CT molecular complexity index is 681. The van der Waals surface area contributed by atoms with Crippen molar-refractivity contribution < 1.29 is 9.53 Å². The molecule has 3 rings (SSSR count). The number of anilines is 1. The minimum Gasteiger partial charge on any atom is -0.371 e. The van der Waals surface area contributed by atoms with E-state index >= 15 is 0 Å². The van der Waals surface area contributed by atoms with Crippen LogP contribution in [0.25, 0.3) is 0 Å². The summed E-state index contributed by atoms with van der Waals surface area (Å²) in [6.07, 6.45) is 5.42. The number of piperidine rings is 1. The second-order valence-electron chi connectivity index (χ2n) is 6.04. The molecular weight excluding hydrogens is 340 g/mol. The summed E-state index contributed by atoms with van der Waals surface area (Å²) in [7, 11) is 0. The number of hydrogen-bond donors (Lipinski definition) is 1. The van der Waals surface area contributed by atoms with Gasteiger partial charge in [0.05, 0.1) is 30.0 Å². The molecule has 0 bridgehead atoms. The summed E-state index contributed by atoms with van der Waals surface area (Å²) in [6.45, 7) is 2.47. The van der Waals surface area contributed by atoms with Crippen molar-refractivity contribution in [1.29, 1.82) is 0 Å². The largest absolute Gasteiger partial charge is 0.371 e. The van der Waals surface area contributed by atoms with E-state index in [4.69, 9.17) is 16.3 Å². The highest BCUT2D eigenvalue weighted by Crippen LogP contribution is 2.15. The predicted octanol–water partition coefficient (Wildman–Crippen LogP) is 2.75. The first-order chi connectivity index (χ1) is 12.2. The van der Waals surface area contributed by atoms with Gasteiger partial charge in [-0.05, 0) is 43.7 Å². The van der Waals surface area contributed by atoms with Crippen LogP contribution in [0, 0.1) is 0 Å². The summed E-state index contributed by atoms with van der Waals surface area (Å²) in [5.74, 6) is 0.426. The quantitative estimate of drug-likeness (QED) is 0.858. The molecule has 1 amide bonds. The molecule has 1 aliphatic heterocycles. The molecule has 1 unspecified atom stereocenters. The van der Waals surface area contributed by atoms with E-state index in [0.29, 0.717) is 24.0 Å². The first-order valence-electron chi connectivity index (χ1n) is 8.34. The second-order valence-corrected chi connectivity index (χ2v) is 6.48. The summed E-state index contributed by atoms with van der Waals surface area (Å²) < 4.78 is 5.95. The third-order valence-electron chi connectivity index (χ3n) is 4.02. The summed E-state index contributed by atoms with van der Waals surface area (Å²) in [5.41, 5.74) is 0.922. The predicted molar refractivity (Wildman–Crippen MR) is 96.4 cm³/mol. The molecule has 1 atom stereocenters. The summed E-state index contributed by atoms with van der Waals surface area (Å²) in [5, 5.41) is 3.33. The van der Waals surface area contributed by atoms with Gasteiger partial charge < -0.3 is 10.1 Å². The van der Waals surface area contributed by atoms with Gasteiger partial charge in [0.2, 0.25) is 5.91 Å². The van der Waals surface area contributed by atoms with E-state index in [1.165, 1.54) is 6.20 Å². The third-order valence-corrected chi connectivity index (χ3v) is 4.24. The van der Waals surface area contributed by atoms with Crippen LogP contribution in [0.4, 0.5) is 5.82 Å². The molecule has 7 heteroatoms. The zero-order chi connectivity index (χ0) is 17.5. The topological polar surface area (TPSA) is 67.4 Å². The van der Waals surface area contributed by atoms with Crippen molar-refractivity contribution in [2.75, 3.05) is 25.0 Å². The van der Waals surface area contributed by atoms with Gasteiger partial charge in [0.1, 0.15) is 5.82 Å². The fourth-order valence-corrected chi connectivity index (χ4v) is 2.93. The monoisotopic (exact) mass is 360 g/mol. The molecular formula is C18H21ClN4O2. The van der Waals surface area contributed by atoms with Crippen LogP contribution in [0.1, 0.15) is 18.5 Å². The number of rotatable bonds is 6. The molecule has 1 saturated heterocycles. The van der Waals surface area contributed by atoms with E-state index in [1.807, 2.05) is 18.2 Å². The summed E-state index contributed by atoms with van der Waals surface area (Å²) in [6, 6.07) is 9.18. The highest BCUT2D eigenvalue weighted by molar-refractivity contribution is 6.30. The normalized spacial score (nSPS) is 18.0. The lowest BCUT2D eigenvalue weighted by Gasteiger charge is -2.32. The number of likely N-dealkylation sites (tertiary alicyclic amines) is 1. The summed E-state index contributed by atoms with van der Waals surface area (Å²) in [4.78, 5) is 22.6. The Balaban J connectivity index is 1.44. The number of nitrogens with zero attached hydrogens (tertiary/aromatic N) is 3. The van der Waals surface area contributed by atoms with Crippen molar-refractivity contribution in [2.24, 2.45) is 0 Å². The van der Waals surface area contributed by atoms with E-state index in [9.17, 15) is 4.79 Å². The zero-order valence-electron chi connectivity index (χ0n) is 13.9. The molecule has 6 nitrogen and oxygen atoms in total. The highest BCUT2D eigenvalue weighted by Gasteiger charge is 2.22. The fourth-order valence-electron chi connectivity index (χ4n) is 2.81. The van der Waals surface area contributed by atoms with Gasteiger partial charge in [-0.1, -0.05) is 17.7 Å². The maximum absolute atomic E-state index is 12.2. The number of halogens is 1. The van der Waals surface area contributed by atoms with E-state index in [-0.39, 0.29) is 12.0 Å². The molecule has 0 spiro atoms. The van der Waals surface area contributed by atoms with Gasteiger partial charge in [0, 0.05) is 18.9 Å².